The SMILES string of the molecule is COc1ccc(CN(C)C)cc1-c1ccc(O)c2c1C[C@H]1C[C@H]3[C@H](N(C)C)C(=O)C(C(N)=O)=C(O)[C@@]3(O)C=C1C2=O. The number of fused-ring (bicyclic) bond motifs is 3. The average Bonchev–Trinajstić information content (AvgIpc) is 2.88. The maximum atomic E-state index is 14.0. The molecule has 10 heteroatoms. The van der Waals surface area contributed by atoms with E-state index in [2.05, 4.69) is 0 Å². The van der Waals surface area contributed by atoms with Gasteiger partial charge in [-0.25, -0.2) is 0 Å². The predicted molar refractivity (Wildman–Crippen MR) is 151 cm³/mol. The number of likely N-dealkylation sites (N-methyl/N-ethyl adjacent to an activating group) is 1. The third-order valence-corrected chi connectivity index (χ3v) is 8.52. The Morgan fingerprint density at radius 2 is 1.80 bits per heavy atom. The molecule has 3 aliphatic rings. The molecule has 0 aromatic heterocycles. The van der Waals surface area contributed by atoms with Crippen LogP contribution >= 0.6 is 0 Å². The van der Waals surface area contributed by atoms with Crippen LogP contribution in [-0.2, 0) is 22.6 Å². The van der Waals surface area contributed by atoms with E-state index in [-0.39, 0.29) is 23.3 Å². The van der Waals surface area contributed by atoms with Crippen molar-refractivity contribution in [1.82, 2.24) is 9.80 Å². The number of aliphatic hydroxyl groups is 2. The Bertz CT molecular complexity index is 1540. The Balaban J connectivity index is 1.69. The molecule has 4 atom stereocenters. The van der Waals surface area contributed by atoms with Gasteiger partial charge in [0.15, 0.2) is 11.6 Å². The van der Waals surface area contributed by atoms with Gasteiger partial charge in [0.1, 0.15) is 28.4 Å². The average molecular weight is 562 g/mol. The van der Waals surface area contributed by atoms with Crippen LogP contribution in [0.4, 0.5) is 0 Å². The fraction of sp³-hybridized carbons (Fsp3) is 0.387. The number of hydrogen-bond donors (Lipinski definition) is 4. The van der Waals surface area contributed by atoms with Crippen molar-refractivity contribution in [2.24, 2.45) is 17.6 Å². The maximum absolute atomic E-state index is 14.0. The van der Waals surface area contributed by atoms with Gasteiger partial charge >= 0.3 is 0 Å². The molecule has 2 aromatic rings. The zero-order chi connectivity index (χ0) is 30.0. The molecule has 0 aliphatic heterocycles. The number of phenolic OH excluding ortho intramolecular Hbond substituents is 1. The van der Waals surface area contributed by atoms with E-state index in [0.717, 1.165) is 16.7 Å². The topological polar surface area (TPSA) is 154 Å². The molecule has 0 bridgehead atoms. The largest absolute Gasteiger partial charge is 0.508 e. The molecule has 3 aliphatic carbocycles. The lowest BCUT2D eigenvalue weighted by molar-refractivity contribution is -0.133. The van der Waals surface area contributed by atoms with Crippen LogP contribution in [0.25, 0.3) is 11.1 Å². The molecule has 0 radical (unpaired) electrons. The minimum atomic E-state index is -2.16. The second-order valence-electron chi connectivity index (χ2n) is 11.6. The number of allylic oxidation sites excluding steroid dienone is 1. The Labute approximate surface area is 238 Å². The van der Waals surface area contributed by atoms with Crippen LogP contribution in [-0.4, -0.2) is 89.5 Å². The van der Waals surface area contributed by atoms with Gasteiger partial charge < -0.3 is 30.7 Å². The number of hydrogen-bond acceptors (Lipinski definition) is 9. The standard InChI is InChI=1S/C31H35N3O7/c1-33(2)14-15-6-9-23(41-5)18(10-15)17-7-8-22(35)24-19(17)11-16-12-21-26(34(3)4)28(37)25(30(32)39)29(38)31(21,40)13-20(16)27(24)36/h6-10,13,16,21,26,35,38,40H,11-12,14H2,1-5H3,(H2,32,39)/t16-,21-,26-,31+/m0/s1. The van der Waals surface area contributed by atoms with Gasteiger partial charge in [0, 0.05) is 23.6 Å². The molecule has 2 aromatic carbocycles. The molecule has 216 valence electrons. The zero-order valence-electron chi connectivity index (χ0n) is 23.8. The Hall–Kier alpha value is -3.99. The first-order valence-electron chi connectivity index (χ1n) is 13.4. The molecule has 1 amide bonds. The summed E-state index contributed by atoms with van der Waals surface area (Å²) in [4.78, 5) is 43.1. The molecule has 0 saturated heterocycles. The molecule has 0 saturated carbocycles. The number of benzene rings is 2. The molecule has 41 heavy (non-hydrogen) atoms. The van der Waals surface area contributed by atoms with Gasteiger partial charge in [0.2, 0.25) is 0 Å². The third-order valence-electron chi connectivity index (χ3n) is 8.52. The molecule has 0 heterocycles. The predicted octanol–water partition coefficient (Wildman–Crippen LogP) is 1.97. The summed E-state index contributed by atoms with van der Waals surface area (Å²) in [7, 11) is 8.81. The second-order valence-corrected chi connectivity index (χ2v) is 11.6. The molecule has 5 N–H and O–H groups in total. The Morgan fingerprint density at radius 3 is 2.41 bits per heavy atom. The van der Waals surface area contributed by atoms with Crippen LogP contribution in [0, 0.1) is 11.8 Å². The minimum Gasteiger partial charge on any atom is -0.508 e. The first kappa shape index (κ1) is 28.5. The lowest BCUT2D eigenvalue weighted by Gasteiger charge is -2.49. The maximum Gasteiger partial charge on any atom is 0.255 e. The van der Waals surface area contributed by atoms with Crippen molar-refractivity contribution in [2.75, 3.05) is 35.3 Å². The van der Waals surface area contributed by atoms with Gasteiger partial charge in [-0.1, -0.05) is 12.1 Å². The lowest BCUT2D eigenvalue weighted by atomic mass is 9.59. The first-order valence-corrected chi connectivity index (χ1v) is 13.4. The van der Waals surface area contributed by atoms with Crippen LogP contribution in [0.3, 0.4) is 0 Å². The quantitative estimate of drug-likeness (QED) is 0.388. The molecule has 0 fully saturated rings. The second kappa shape index (κ2) is 10.1. The third kappa shape index (κ3) is 4.43. The first-order chi connectivity index (χ1) is 19.3. The summed E-state index contributed by atoms with van der Waals surface area (Å²) in [6, 6.07) is 8.15. The van der Waals surface area contributed by atoms with E-state index in [4.69, 9.17) is 10.5 Å². The normalized spacial score (nSPS) is 25.6. The highest BCUT2D eigenvalue weighted by Crippen LogP contribution is 2.51. The number of amides is 1. The smallest absolute Gasteiger partial charge is 0.255 e. The monoisotopic (exact) mass is 561 g/mol. The number of nitrogens with two attached hydrogens (primary N) is 1. The fourth-order valence-corrected chi connectivity index (χ4v) is 6.79. The molecule has 0 spiro atoms. The summed E-state index contributed by atoms with van der Waals surface area (Å²) in [5.74, 6) is -4.01. The Kier molecular flexibility index (Phi) is 7.05. The number of nitrogens with zero attached hydrogens (tertiary/aromatic N) is 2. The number of ketones is 2. The van der Waals surface area contributed by atoms with Gasteiger partial charge in [-0.15, -0.1) is 0 Å². The number of phenols is 1. The highest BCUT2D eigenvalue weighted by molar-refractivity contribution is 6.22. The fourth-order valence-electron chi connectivity index (χ4n) is 6.79. The van der Waals surface area contributed by atoms with E-state index < -0.39 is 52.3 Å². The van der Waals surface area contributed by atoms with Crippen molar-refractivity contribution >= 4 is 17.5 Å². The summed E-state index contributed by atoms with van der Waals surface area (Å²) < 4.78 is 5.67. The van der Waals surface area contributed by atoms with Gasteiger partial charge in [-0.05, 0) is 87.9 Å². The van der Waals surface area contributed by atoms with Gasteiger partial charge in [-0.3, -0.25) is 19.3 Å². The van der Waals surface area contributed by atoms with E-state index >= 15 is 0 Å². The molecule has 5 rings (SSSR count). The number of primary amides is 1. The number of carbonyl (C=O) groups is 3. The van der Waals surface area contributed by atoms with Crippen molar-refractivity contribution in [3.8, 4) is 22.6 Å². The highest BCUT2D eigenvalue weighted by atomic mass is 16.5. The van der Waals surface area contributed by atoms with E-state index in [0.29, 0.717) is 24.3 Å². The van der Waals surface area contributed by atoms with E-state index in [9.17, 15) is 29.7 Å². The zero-order valence-corrected chi connectivity index (χ0v) is 23.8. The van der Waals surface area contributed by atoms with Crippen molar-refractivity contribution in [2.45, 2.75) is 31.0 Å². The number of methoxy groups -OCH3 is 1. The van der Waals surface area contributed by atoms with Crippen LogP contribution in [0.15, 0.2) is 53.3 Å². The molecule has 0 unspecified atom stereocenters. The van der Waals surface area contributed by atoms with Crippen LogP contribution < -0.4 is 10.5 Å². The van der Waals surface area contributed by atoms with Gasteiger partial charge in [0.25, 0.3) is 5.91 Å². The van der Waals surface area contributed by atoms with Gasteiger partial charge in [-0.2, -0.15) is 0 Å². The molecular formula is C31H35N3O7. The van der Waals surface area contributed by atoms with Crippen molar-refractivity contribution in [3.63, 3.8) is 0 Å². The van der Waals surface area contributed by atoms with Crippen LogP contribution in [0.5, 0.6) is 11.5 Å². The summed E-state index contributed by atoms with van der Waals surface area (Å²) in [6.45, 7) is 0.691. The van der Waals surface area contributed by atoms with Crippen LogP contribution in [0.1, 0.15) is 27.9 Å². The Morgan fingerprint density at radius 1 is 1.10 bits per heavy atom. The molecular weight excluding hydrogens is 526 g/mol. The number of aliphatic hydroxyl groups excluding tert-OH is 1. The number of ether oxygens (including phenoxy) is 1. The lowest BCUT2D eigenvalue weighted by Crippen LogP contribution is -2.61. The van der Waals surface area contributed by atoms with Gasteiger partial charge in [0.05, 0.1) is 18.7 Å². The number of rotatable bonds is 6. The van der Waals surface area contributed by atoms with E-state index in [1.165, 1.54) is 12.1 Å². The van der Waals surface area contributed by atoms with E-state index in [1.54, 1.807) is 32.2 Å². The number of carbonyl (C=O) groups excluding carboxylic acids is 3. The molecule has 10 nitrogen and oxygen atoms in total. The van der Waals surface area contributed by atoms with E-state index in [1.807, 2.05) is 37.2 Å². The summed E-state index contributed by atoms with van der Waals surface area (Å²) in [6.07, 6.45) is 1.76. The van der Waals surface area contributed by atoms with Crippen LogP contribution in [0.2, 0.25) is 0 Å². The number of Topliss-reactive ketones (excluding diaryl/α,β-unsaturated/α-hetero) is 2. The minimum absolute atomic E-state index is 0.113. The summed E-state index contributed by atoms with van der Waals surface area (Å²) >= 11 is 0. The van der Waals surface area contributed by atoms with Crippen molar-refractivity contribution in [1.29, 1.82) is 0 Å². The summed E-state index contributed by atoms with van der Waals surface area (Å²) in [5.41, 5.74) is 6.12. The van der Waals surface area contributed by atoms with Crippen molar-refractivity contribution in [3.05, 3.63) is 70.0 Å². The van der Waals surface area contributed by atoms with Crippen molar-refractivity contribution < 1.29 is 34.4 Å². The number of aromatic hydroxyl groups is 1. The highest BCUT2D eigenvalue weighted by Gasteiger charge is 2.58. The summed E-state index contributed by atoms with van der Waals surface area (Å²) in [5, 5.41) is 33.7.